The predicted octanol–water partition coefficient (Wildman–Crippen LogP) is 2.29. The molecule has 2 aromatic rings. The van der Waals surface area contributed by atoms with E-state index in [9.17, 15) is 13.2 Å². The first kappa shape index (κ1) is 17.7. The molecule has 0 spiro atoms. The van der Waals surface area contributed by atoms with Gasteiger partial charge < -0.3 is 5.32 Å². The van der Waals surface area contributed by atoms with Crippen LogP contribution in [-0.4, -0.2) is 20.4 Å². The molecular formula is C16H20N2O3S2. The molecule has 7 heteroatoms. The average molecular weight is 352 g/mol. The molecular weight excluding hydrogens is 332 g/mol. The highest BCUT2D eigenvalue weighted by molar-refractivity contribution is 7.91. The third kappa shape index (κ3) is 4.89. The van der Waals surface area contributed by atoms with Crippen LogP contribution in [0.25, 0.3) is 0 Å². The van der Waals surface area contributed by atoms with Gasteiger partial charge in [0.25, 0.3) is 10.0 Å². The summed E-state index contributed by atoms with van der Waals surface area (Å²) in [6.07, 6.45) is 0.785. The Labute approximate surface area is 140 Å². The second-order valence-electron chi connectivity index (χ2n) is 5.12. The van der Waals surface area contributed by atoms with Crippen LogP contribution in [0, 0.1) is 0 Å². The SMILES string of the molecule is CCc1ccc(S(=O)(=O)NC(C)C(=O)NCc2ccccc2)s1. The molecule has 2 N–H and O–H groups in total. The Morgan fingerprint density at radius 2 is 1.87 bits per heavy atom. The molecule has 1 heterocycles. The number of carbonyl (C=O) groups excluding carboxylic acids is 1. The molecule has 1 atom stereocenters. The lowest BCUT2D eigenvalue weighted by Gasteiger charge is -2.13. The Morgan fingerprint density at radius 3 is 2.48 bits per heavy atom. The van der Waals surface area contributed by atoms with Gasteiger partial charge in [0.15, 0.2) is 0 Å². The molecule has 23 heavy (non-hydrogen) atoms. The van der Waals surface area contributed by atoms with Crippen molar-refractivity contribution in [2.45, 2.75) is 37.1 Å². The van der Waals surface area contributed by atoms with Crippen LogP contribution in [0.15, 0.2) is 46.7 Å². The molecule has 124 valence electrons. The van der Waals surface area contributed by atoms with Crippen molar-refractivity contribution >= 4 is 27.3 Å². The Bertz CT molecular complexity index is 755. The van der Waals surface area contributed by atoms with Crippen LogP contribution < -0.4 is 10.0 Å². The summed E-state index contributed by atoms with van der Waals surface area (Å²) in [4.78, 5) is 13.0. The number of nitrogens with one attached hydrogen (secondary N) is 2. The van der Waals surface area contributed by atoms with Gasteiger partial charge in [-0.25, -0.2) is 8.42 Å². The topological polar surface area (TPSA) is 75.3 Å². The van der Waals surface area contributed by atoms with E-state index in [0.717, 1.165) is 16.9 Å². The Balaban J connectivity index is 1.94. The first-order valence-corrected chi connectivity index (χ1v) is 9.65. The summed E-state index contributed by atoms with van der Waals surface area (Å²) >= 11 is 1.22. The standard InChI is InChI=1S/C16H20N2O3S2/c1-3-14-9-10-15(22-14)23(20,21)18-12(2)16(19)17-11-13-7-5-4-6-8-13/h4-10,12,18H,3,11H2,1-2H3,(H,17,19). The molecule has 0 aliphatic heterocycles. The molecule has 0 fully saturated rings. The van der Waals surface area contributed by atoms with Crippen LogP contribution in [0.5, 0.6) is 0 Å². The fourth-order valence-electron chi connectivity index (χ4n) is 1.98. The zero-order chi connectivity index (χ0) is 16.9. The third-order valence-corrected chi connectivity index (χ3v) is 6.55. The van der Waals surface area contributed by atoms with E-state index in [1.807, 2.05) is 37.3 Å². The maximum Gasteiger partial charge on any atom is 0.250 e. The number of sulfonamides is 1. The van der Waals surface area contributed by atoms with Gasteiger partial charge in [-0.15, -0.1) is 11.3 Å². The van der Waals surface area contributed by atoms with Gasteiger partial charge in [-0.2, -0.15) is 4.72 Å². The van der Waals surface area contributed by atoms with E-state index in [-0.39, 0.29) is 10.1 Å². The van der Waals surface area contributed by atoms with Gasteiger partial charge in [0.05, 0.1) is 6.04 Å². The number of aryl methyl sites for hydroxylation is 1. The van der Waals surface area contributed by atoms with Crippen molar-refractivity contribution in [2.75, 3.05) is 0 Å². The summed E-state index contributed by atoms with van der Waals surface area (Å²) in [5.74, 6) is -0.357. The average Bonchev–Trinajstić information content (AvgIpc) is 3.03. The molecule has 2 rings (SSSR count). The number of hydrogen-bond donors (Lipinski definition) is 2. The fourth-order valence-corrected chi connectivity index (χ4v) is 4.49. The van der Waals surface area contributed by atoms with Crippen LogP contribution in [-0.2, 0) is 27.8 Å². The first-order valence-electron chi connectivity index (χ1n) is 7.35. The monoisotopic (exact) mass is 352 g/mol. The van der Waals surface area contributed by atoms with Gasteiger partial charge in [0, 0.05) is 11.4 Å². The van der Waals surface area contributed by atoms with Crippen molar-refractivity contribution in [2.24, 2.45) is 0 Å². The van der Waals surface area contributed by atoms with Crippen molar-refractivity contribution in [3.05, 3.63) is 52.9 Å². The van der Waals surface area contributed by atoms with Crippen LogP contribution in [0.1, 0.15) is 24.3 Å². The number of carbonyl (C=O) groups is 1. The highest BCUT2D eigenvalue weighted by Crippen LogP contribution is 2.21. The maximum absolute atomic E-state index is 12.3. The van der Waals surface area contributed by atoms with E-state index in [1.54, 1.807) is 12.1 Å². The molecule has 1 unspecified atom stereocenters. The minimum atomic E-state index is -3.67. The van der Waals surface area contributed by atoms with Gasteiger partial charge >= 0.3 is 0 Å². The van der Waals surface area contributed by atoms with Gasteiger partial charge in [-0.05, 0) is 31.0 Å². The summed E-state index contributed by atoms with van der Waals surface area (Å²) in [6.45, 7) is 3.87. The molecule has 1 amide bonds. The van der Waals surface area contributed by atoms with E-state index < -0.39 is 16.1 Å². The molecule has 0 aliphatic rings. The molecule has 5 nitrogen and oxygen atoms in total. The Hall–Kier alpha value is -1.70. The summed E-state index contributed by atoms with van der Waals surface area (Å²) < 4.78 is 27.2. The molecule has 1 aromatic heterocycles. The van der Waals surface area contributed by atoms with Crippen molar-refractivity contribution in [3.63, 3.8) is 0 Å². The summed E-state index contributed by atoms with van der Waals surface area (Å²) in [7, 11) is -3.67. The summed E-state index contributed by atoms with van der Waals surface area (Å²) in [6, 6.07) is 12.0. The zero-order valence-electron chi connectivity index (χ0n) is 13.1. The number of thiophene rings is 1. The molecule has 1 aromatic carbocycles. The zero-order valence-corrected chi connectivity index (χ0v) is 14.7. The van der Waals surface area contributed by atoms with Crippen LogP contribution in [0.3, 0.4) is 0 Å². The van der Waals surface area contributed by atoms with E-state index in [4.69, 9.17) is 0 Å². The highest BCUT2D eigenvalue weighted by atomic mass is 32.2. The lowest BCUT2D eigenvalue weighted by molar-refractivity contribution is -0.122. The number of hydrogen-bond acceptors (Lipinski definition) is 4. The number of amides is 1. The molecule has 0 aliphatic carbocycles. The van der Waals surface area contributed by atoms with Crippen LogP contribution in [0.4, 0.5) is 0 Å². The fraction of sp³-hybridized carbons (Fsp3) is 0.312. The largest absolute Gasteiger partial charge is 0.351 e. The van der Waals surface area contributed by atoms with E-state index in [1.165, 1.54) is 18.3 Å². The molecule has 0 saturated carbocycles. The maximum atomic E-state index is 12.3. The van der Waals surface area contributed by atoms with E-state index >= 15 is 0 Å². The molecule has 0 saturated heterocycles. The predicted molar refractivity (Wildman–Crippen MR) is 91.8 cm³/mol. The van der Waals surface area contributed by atoms with Gasteiger partial charge in [-0.1, -0.05) is 37.3 Å². The summed E-state index contributed by atoms with van der Waals surface area (Å²) in [5, 5.41) is 2.73. The summed E-state index contributed by atoms with van der Waals surface area (Å²) in [5.41, 5.74) is 0.960. The van der Waals surface area contributed by atoms with E-state index in [2.05, 4.69) is 10.0 Å². The lowest BCUT2D eigenvalue weighted by atomic mass is 10.2. The van der Waals surface area contributed by atoms with Crippen molar-refractivity contribution in [3.8, 4) is 0 Å². The second-order valence-corrected chi connectivity index (χ2v) is 8.23. The normalized spacial score (nSPS) is 12.8. The van der Waals surface area contributed by atoms with Crippen LogP contribution >= 0.6 is 11.3 Å². The Morgan fingerprint density at radius 1 is 1.17 bits per heavy atom. The third-order valence-electron chi connectivity index (χ3n) is 3.29. The van der Waals surface area contributed by atoms with Crippen molar-refractivity contribution in [1.82, 2.24) is 10.0 Å². The van der Waals surface area contributed by atoms with Gasteiger partial charge in [-0.3, -0.25) is 4.79 Å². The molecule has 0 bridgehead atoms. The smallest absolute Gasteiger partial charge is 0.250 e. The van der Waals surface area contributed by atoms with Gasteiger partial charge in [0.1, 0.15) is 4.21 Å². The van der Waals surface area contributed by atoms with Gasteiger partial charge in [0.2, 0.25) is 5.91 Å². The highest BCUT2D eigenvalue weighted by Gasteiger charge is 2.23. The van der Waals surface area contributed by atoms with Crippen LogP contribution in [0.2, 0.25) is 0 Å². The quantitative estimate of drug-likeness (QED) is 0.803. The van der Waals surface area contributed by atoms with Crippen molar-refractivity contribution in [1.29, 1.82) is 0 Å². The van der Waals surface area contributed by atoms with Crippen molar-refractivity contribution < 1.29 is 13.2 Å². The number of benzene rings is 1. The van der Waals surface area contributed by atoms with E-state index in [0.29, 0.717) is 6.54 Å². The minimum absolute atomic E-state index is 0.233. The minimum Gasteiger partial charge on any atom is -0.351 e. The molecule has 0 radical (unpaired) electrons. The number of rotatable bonds is 7. The Kier molecular flexibility index (Phi) is 5.92. The lowest BCUT2D eigenvalue weighted by Crippen LogP contribution is -2.44. The first-order chi connectivity index (χ1) is 10.9. The second kappa shape index (κ2) is 7.72.